The Morgan fingerprint density at radius 2 is 2.07 bits per heavy atom. The molecule has 1 saturated heterocycles. The Morgan fingerprint density at radius 3 is 2.74 bits per heavy atom. The van der Waals surface area contributed by atoms with Crippen molar-refractivity contribution in [2.45, 2.75) is 64.3 Å². The monoisotopic (exact) mass is 373 g/mol. The van der Waals surface area contributed by atoms with Crippen LogP contribution < -0.4 is 10.6 Å². The quantitative estimate of drug-likeness (QED) is 0.704. The number of H-pyrrole nitrogens is 1. The molecule has 146 valence electrons. The number of amides is 4. The first-order valence-corrected chi connectivity index (χ1v) is 9.66. The lowest BCUT2D eigenvalue weighted by molar-refractivity contribution is -0.136. The molecule has 1 spiro atoms. The van der Waals surface area contributed by atoms with Gasteiger partial charge in [-0.25, -0.2) is 9.78 Å². The van der Waals surface area contributed by atoms with Gasteiger partial charge in [0.25, 0.3) is 5.91 Å². The zero-order valence-corrected chi connectivity index (χ0v) is 16.1. The van der Waals surface area contributed by atoms with Gasteiger partial charge in [-0.1, -0.05) is 20.8 Å². The van der Waals surface area contributed by atoms with Crippen molar-refractivity contribution in [3.05, 3.63) is 11.9 Å². The summed E-state index contributed by atoms with van der Waals surface area (Å²) in [5.41, 5.74) is 0.0897. The fraction of sp³-hybridized carbons (Fsp3) is 0.684. The number of carbonyl (C=O) groups is 3. The molecule has 4 amide bonds. The van der Waals surface area contributed by atoms with Crippen LogP contribution in [0, 0.1) is 11.3 Å². The topological polar surface area (TPSA) is 107 Å². The van der Waals surface area contributed by atoms with E-state index >= 15 is 0 Å². The number of imidazole rings is 1. The molecule has 2 heterocycles. The molecule has 3 fully saturated rings. The summed E-state index contributed by atoms with van der Waals surface area (Å²) in [4.78, 5) is 46.1. The fourth-order valence-electron chi connectivity index (χ4n) is 4.97. The molecule has 3 N–H and O–H groups in total. The van der Waals surface area contributed by atoms with Crippen molar-refractivity contribution in [2.24, 2.45) is 11.3 Å². The summed E-state index contributed by atoms with van der Waals surface area (Å²) < 4.78 is 0. The number of nitrogens with one attached hydrogen (secondary N) is 3. The van der Waals surface area contributed by atoms with Gasteiger partial charge in [0.05, 0.1) is 6.20 Å². The number of hydrogen-bond donors (Lipinski definition) is 3. The second-order valence-electron chi connectivity index (χ2n) is 9.27. The van der Waals surface area contributed by atoms with Crippen LogP contribution in [0.2, 0.25) is 0 Å². The lowest BCUT2D eigenvalue weighted by Gasteiger charge is -2.43. The predicted octanol–water partition coefficient (Wildman–Crippen LogP) is 2.36. The lowest BCUT2D eigenvalue weighted by Crippen LogP contribution is -2.54. The van der Waals surface area contributed by atoms with Gasteiger partial charge < -0.3 is 10.3 Å². The normalized spacial score (nSPS) is 29.9. The average molecular weight is 373 g/mol. The minimum atomic E-state index is -0.887. The van der Waals surface area contributed by atoms with Gasteiger partial charge in [0.15, 0.2) is 0 Å². The molecule has 1 aromatic heterocycles. The van der Waals surface area contributed by atoms with E-state index in [0.717, 1.165) is 29.9 Å². The zero-order valence-electron chi connectivity index (χ0n) is 16.1. The molecular weight excluding hydrogens is 346 g/mol. The highest BCUT2D eigenvalue weighted by atomic mass is 16.2. The van der Waals surface area contributed by atoms with Crippen molar-refractivity contribution in [2.75, 3.05) is 11.9 Å². The van der Waals surface area contributed by atoms with E-state index < -0.39 is 17.5 Å². The zero-order chi connectivity index (χ0) is 19.4. The van der Waals surface area contributed by atoms with Crippen LogP contribution in [0.4, 0.5) is 10.7 Å². The number of carbonyl (C=O) groups excluding carboxylic acids is 3. The van der Waals surface area contributed by atoms with Crippen molar-refractivity contribution in [3.8, 4) is 0 Å². The maximum absolute atomic E-state index is 13.1. The molecule has 0 bridgehead atoms. The molecule has 2 atom stereocenters. The molecule has 8 heteroatoms. The van der Waals surface area contributed by atoms with E-state index in [0.29, 0.717) is 30.6 Å². The SMILES string of the molecule is CC1CC(C)(C)CC2(C1)NC(=O)N(CC(=O)Nc1ncc(C3CC3)[nH]1)C2=O. The van der Waals surface area contributed by atoms with Crippen molar-refractivity contribution < 1.29 is 14.4 Å². The molecule has 27 heavy (non-hydrogen) atoms. The summed E-state index contributed by atoms with van der Waals surface area (Å²) in [6, 6.07) is -0.488. The third kappa shape index (κ3) is 3.44. The fourth-order valence-corrected chi connectivity index (χ4v) is 4.97. The van der Waals surface area contributed by atoms with Gasteiger partial charge in [-0.2, -0.15) is 0 Å². The van der Waals surface area contributed by atoms with Crippen molar-refractivity contribution in [1.82, 2.24) is 20.2 Å². The van der Waals surface area contributed by atoms with Gasteiger partial charge in [-0.05, 0) is 43.4 Å². The molecule has 0 aromatic carbocycles. The third-order valence-corrected chi connectivity index (χ3v) is 5.80. The van der Waals surface area contributed by atoms with Gasteiger partial charge in [-0.15, -0.1) is 0 Å². The third-order valence-electron chi connectivity index (χ3n) is 5.80. The summed E-state index contributed by atoms with van der Waals surface area (Å²) in [5, 5.41) is 5.54. The van der Waals surface area contributed by atoms with Crippen LogP contribution in [0.1, 0.15) is 64.5 Å². The van der Waals surface area contributed by atoms with Crippen molar-refractivity contribution in [1.29, 1.82) is 0 Å². The molecule has 8 nitrogen and oxygen atoms in total. The number of anilines is 1. The molecule has 1 aromatic rings. The number of imide groups is 1. The van der Waals surface area contributed by atoms with E-state index in [-0.39, 0.29) is 17.9 Å². The van der Waals surface area contributed by atoms with Crippen LogP contribution in [0.5, 0.6) is 0 Å². The summed E-state index contributed by atoms with van der Waals surface area (Å²) in [5.74, 6) is 0.466. The van der Waals surface area contributed by atoms with E-state index in [9.17, 15) is 14.4 Å². The first-order valence-electron chi connectivity index (χ1n) is 9.66. The number of aromatic nitrogens is 2. The molecule has 0 radical (unpaired) electrons. The minimum Gasteiger partial charge on any atom is -0.328 e. The smallest absolute Gasteiger partial charge is 0.325 e. The Balaban J connectivity index is 1.43. The van der Waals surface area contributed by atoms with Crippen molar-refractivity contribution in [3.63, 3.8) is 0 Å². The Kier molecular flexibility index (Phi) is 4.05. The minimum absolute atomic E-state index is 0.0355. The largest absolute Gasteiger partial charge is 0.328 e. The van der Waals surface area contributed by atoms with E-state index in [1.165, 1.54) is 0 Å². The van der Waals surface area contributed by atoms with E-state index in [1.54, 1.807) is 6.20 Å². The number of rotatable bonds is 4. The Hall–Kier alpha value is -2.38. The molecule has 4 rings (SSSR count). The highest BCUT2D eigenvalue weighted by molar-refractivity contribution is 6.10. The standard InChI is InChI=1S/C19H27N5O3/c1-11-6-18(2,3)10-19(7-11)15(26)24(17(27)23-19)9-14(25)22-16-20-8-13(21-16)12-4-5-12/h8,11-12H,4-7,9-10H2,1-3H3,(H,23,27)(H2,20,21,22,25). The molecule has 1 aliphatic heterocycles. The van der Waals surface area contributed by atoms with Crippen LogP contribution in [0.15, 0.2) is 6.20 Å². The predicted molar refractivity (Wildman–Crippen MR) is 99.0 cm³/mol. The molecule has 2 saturated carbocycles. The van der Waals surface area contributed by atoms with Gasteiger partial charge in [0.2, 0.25) is 11.9 Å². The first-order chi connectivity index (χ1) is 12.7. The average Bonchev–Trinajstić information content (AvgIpc) is 3.25. The second-order valence-corrected chi connectivity index (χ2v) is 9.27. The lowest BCUT2D eigenvalue weighted by atomic mass is 9.64. The maximum atomic E-state index is 13.1. The van der Waals surface area contributed by atoms with Crippen LogP contribution in [-0.4, -0.2) is 44.8 Å². The van der Waals surface area contributed by atoms with Crippen LogP contribution in [-0.2, 0) is 9.59 Å². The molecule has 2 unspecified atom stereocenters. The first kappa shape index (κ1) is 18.0. The van der Waals surface area contributed by atoms with E-state index in [4.69, 9.17) is 0 Å². The van der Waals surface area contributed by atoms with Gasteiger partial charge >= 0.3 is 6.03 Å². The van der Waals surface area contributed by atoms with E-state index in [2.05, 4.69) is 41.4 Å². The summed E-state index contributed by atoms with van der Waals surface area (Å²) in [6.45, 7) is 6.04. The number of aromatic amines is 1. The van der Waals surface area contributed by atoms with E-state index in [1.807, 2.05) is 0 Å². The van der Waals surface area contributed by atoms with Crippen LogP contribution >= 0.6 is 0 Å². The van der Waals surface area contributed by atoms with Gasteiger partial charge in [-0.3, -0.25) is 19.8 Å². The summed E-state index contributed by atoms with van der Waals surface area (Å²) >= 11 is 0. The Labute approximate surface area is 158 Å². The highest BCUT2D eigenvalue weighted by Gasteiger charge is 2.56. The Bertz CT molecular complexity index is 797. The molecule has 2 aliphatic carbocycles. The Morgan fingerprint density at radius 1 is 1.33 bits per heavy atom. The molecule has 3 aliphatic rings. The van der Waals surface area contributed by atoms with Gasteiger partial charge in [0, 0.05) is 11.6 Å². The number of hydrogen-bond acceptors (Lipinski definition) is 4. The number of nitrogens with zero attached hydrogens (tertiary/aromatic N) is 2. The summed E-state index contributed by atoms with van der Waals surface area (Å²) in [6.07, 6.45) is 6.21. The van der Waals surface area contributed by atoms with Crippen molar-refractivity contribution >= 4 is 23.8 Å². The van der Waals surface area contributed by atoms with Gasteiger partial charge in [0.1, 0.15) is 12.1 Å². The maximum Gasteiger partial charge on any atom is 0.325 e. The highest BCUT2D eigenvalue weighted by Crippen LogP contribution is 2.46. The second kappa shape index (κ2) is 6.07. The molecular formula is C19H27N5O3. The van der Waals surface area contributed by atoms with Crippen LogP contribution in [0.3, 0.4) is 0 Å². The van der Waals surface area contributed by atoms with Crippen LogP contribution in [0.25, 0.3) is 0 Å². The summed E-state index contributed by atoms with van der Waals surface area (Å²) in [7, 11) is 0. The number of urea groups is 1.